The van der Waals surface area contributed by atoms with Gasteiger partial charge in [-0.3, -0.25) is 10.0 Å². The molecule has 0 atom stereocenters. The molecule has 0 spiro atoms. The number of sulfonamides is 1. The molecule has 21 heavy (non-hydrogen) atoms. The average Bonchev–Trinajstić information content (AvgIpc) is 2.90. The van der Waals surface area contributed by atoms with Gasteiger partial charge in [0.05, 0.1) is 12.9 Å². The van der Waals surface area contributed by atoms with Crippen LogP contribution >= 0.6 is 0 Å². The molecule has 0 fully saturated rings. The van der Waals surface area contributed by atoms with Crippen LogP contribution in [-0.2, 0) is 23.1 Å². The van der Waals surface area contributed by atoms with Crippen molar-refractivity contribution in [2.75, 3.05) is 12.9 Å². The van der Waals surface area contributed by atoms with Crippen molar-refractivity contribution >= 4 is 15.9 Å². The second-order valence-electron chi connectivity index (χ2n) is 4.84. The van der Waals surface area contributed by atoms with Crippen molar-refractivity contribution in [1.82, 2.24) is 9.79 Å². The number of benzene rings is 1. The third kappa shape index (κ3) is 3.02. The second-order valence-corrected chi connectivity index (χ2v) is 6.93. The van der Waals surface area contributed by atoms with Crippen LogP contribution in [0, 0.1) is 0 Å². The number of nitrogens with one attached hydrogen (secondary N) is 1. The van der Waals surface area contributed by atoms with Crippen LogP contribution in [0.25, 0.3) is 0 Å². The summed E-state index contributed by atoms with van der Waals surface area (Å²) in [5.74, 6) is -0.126. The molecule has 0 radical (unpaired) electrons. The fourth-order valence-electron chi connectivity index (χ4n) is 2.41. The Labute approximate surface area is 123 Å². The standard InChI is InChI=1S/C13H18N2O5S/c1-3-4-21(18,19)15-7-10-5-9(13(16)14-17)6-12(20-2)11(10)8-15/h5-6,17H,3-4,7-8H2,1-2H3,(H,14,16). The maximum absolute atomic E-state index is 12.1. The normalized spacial score (nSPS) is 14.8. The number of carbonyl (C=O) groups excluding carboxylic acids is 1. The van der Waals surface area contributed by atoms with Crippen LogP contribution in [0.5, 0.6) is 5.75 Å². The van der Waals surface area contributed by atoms with Gasteiger partial charge in [0, 0.05) is 24.2 Å². The first-order valence-corrected chi connectivity index (χ1v) is 8.16. The third-order valence-electron chi connectivity index (χ3n) is 3.42. The minimum atomic E-state index is -3.31. The van der Waals surface area contributed by atoms with E-state index in [1.165, 1.54) is 17.5 Å². The average molecular weight is 314 g/mol. The largest absolute Gasteiger partial charge is 0.496 e. The van der Waals surface area contributed by atoms with Gasteiger partial charge in [-0.15, -0.1) is 0 Å². The van der Waals surface area contributed by atoms with Crippen LogP contribution in [0.2, 0.25) is 0 Å². The van der Waals surface area contributed by atoms with Crippen LogP contribution in [0.15, 0.2) is 12.1 Å². The summed E-state index contributed by atoms with van der Waals surface area (Å²) in [5.41, 5.74) is 3.26. The molecule has 0 saturated carbocycles. The van der Waals surface area contributed by atoms with E-state index in [0.29, 0.717) is 17.7 Å². The van der Waals surface area contributed by atoms with Gasteiger partial charge >= 0.3 is 0 Å². The van der Waals surface area contributed by atoms with E-state index < -0.39 is 15.9 Å². The number of nitrogens with zero attached hydrogens (tertiary/aromatic N) is 1. The smallest absolute Gasteiger partial charge is 0.274 e. The molecule has 7 nitrogen and oxygen atoms in total. The molecular formula is C13H18N2O5S. The fraction of sp³-hybridized carbons (Fsp3) is 0.462. The molecule has 8 heteroatoms. The number of ether oxygens (including phenoxy) is 1. The lowest BCUT2D eigenvalue weighted by Gasteiger charge is -2.14. The number of rotatable bonds is 5. The quantitative estimate of drug-likeness (QED) is 0.621. The monoisotopic (exact) mass is 314 g/mol. The van der Waals surface area contributed by atoms with E-state index in [-0.39, 0.29) is 24.4 Å². The predicted octanol–water partition coefficient (Wildman–Crippen LogP) is 0.870. The Balaban J connectivity index is 2.38. The van der Waals surface area contributed by atoms with Crippen LogP contribution in [0.1, 0.15) is 34.8 Å². The maximum Gasteiger partial charge on any atom is 0.274 e. The number of hydroxylamine groups is 1. The number of carbonyl (C=O) groups is 1. The summed E-state index contributed by atoms with van der Waals surface area (Å²) < 4.78 is 30.9. The summed E-state index contributed by atoms with van der Waals surface area (Å²) in [5, 5.41) is 8.70. The van der Waals surface area contributed by atoms with E-state index >= 15 is 0 Å². The van der Waals surface area contributed by atoms with Crippen molar-refractivity contribution in [3.8, 4) is 5.75 Å². The van der Waals surface area contributed by atoms with E-state index in [0.717, 1.165) is 5.56 Å². The SMILES string of the molecule is CCCS(=O)(=O)N1Cc2cc(C(=O)NO)cc(OC)c2C1. The van der Waals surface area contributed by atoms with Gasteiger partial charge in [0.25, 0.3) is 5.91 Å². The Bertz CT molecular complexity index is 657. The Morgan fingerprint density at radius 2 is 2.14 bits per heavy atom. The lowest BCUT2D eigenvalue weighted by atomic mass is 10.0. The molecule has 1 heterocycles. The van der Waals surface area contributed by atoms with Gasteiger partial charge < -0.3 is 4.74 Å². The minimum Gasteiger partial charge on any atom is -0.496 e. The zero-order chi connectivity index (χ0) is 15.6. The van der Waals surface area contributed by atoms with E-state index in [1.807, 2.05) is 6.92 Å². The van der Waals surface area contributed by atoms with Crippen molar-refractivity contribution in [1.29, 1.82) is 0 Å². The van der Waals surface area contributed by atoms with Gasteiger partial charge in [-0.1, -0.05) is 6.92 Å². The van der Waals surface area contributed by atoms with Gasteiger partial charge in [0.15, 0.2) is 0 Å². The van der Waals surface area contributed by atoms with Gasteiger partial charge in [0.1, 0.15) is 5.75 Å². The van der Waals surface area contributed by atoms with Gasteiger partial charge in [-0.25, -0.2) is 13.9 Å². The molecule has 0 saturated heterocycles. The topological polar surface area (TPSA) is 95.9 Å². The summed E-state index contributed by atoms with van der Waals surface area (Å²) in [7, 11) is -1.86. The van der Waals surface area contributed by atoms with E-state index in [9.17, 15) is 13.2 Å². The first-order valence-electron chi connectivity index (χ1n) is 6.55. The molecule has 2 rings (SSSR count). The van der Waals surface area contributed by atoms with Crippen LogP contribution in [0.4, 0.5) is 0 Å². The van der Waals surface area contributed by atoms with Gasteiger partial charge in [-0.2, -0.15) is 4.31 Å². The number of hydrogen-bond acceptors (Lipinski definition) is 5. The summed E-state index contributed by atoms with van der Waals surface area (Å²) in [4.78, 5) is 11.5. The summed E-state index contributed by atoms with van der Waals surface area (Å²) in [6.45, 7) is 2.26. The van der Waals surface area contributed by atoms with Crippen molar-refractivity contribution in [3.63, 3.8) is 0 Å². The van der Waals surface area contributed by atoms with E-state index in [4.69, 9.17) is 9.94 Å². The summed E-state index contributed by atoms with van der Waals surface area (Å²) in [6.07, 6.45) is 0.546. The molecular weight excluding hydrogens is 296 g/mol. The zero-order valence-electron chi connectivity index (χ0n) is 11.9. The number of methoxy groups -OCH3 is 1. The zero-order valence-corrected chi connectivity index (χ0v) is 12.7. The summed E-state index contributed by atoms with van der Waals surface area (Å²) in [6, 6.07) is 3.06. The lowest BCUT2D eigenvalue weighted by Crippen LogP contribution is -2.27. The minimum absolute atomic E-state index is 0.0906. The van der Waals surface area contributed by atoms with Gasteiger partial charge in [-0.05, 0) is 24.1 Å². The first-order chi connectivity index (χ1) is 9.92. The molecule has 0 unspecified atom stereocenters. The van der Waals surface area contributed by atoms with E-state index in [2.05, 4.69) is 0 Å². The third-order valence-corrected chi connectivity index (χ3v) is 5.39. The van der Waals surface area contributed by atoms with Gasteiger partial charge in [0.2, 0.25) is 10.0 Å². The highest BCUT2D eigenvalue weighted by Gasteiger charge is 2.31. The fourth-order valence-corrected chi connectivity index (χ4v) is 3.84. The highest BCUT2D eigenvalue weighted by atomic mass is 32.2. The van der Waals surface area contributed by atoms with Crippen LogP contribution in [-0.4, -0.2) is 36.7 Å². The Hall–Kier alpha value is -1.64. The molecule has 1 aliphatic rings. The Morgan fingerprint density at radius 1 is 1.43 bits per heavy atom. The lowest BCUT2D eigenvalue weighted by molar-refractivity contribution is 0.0706. The molecule has 0 aliphatic carbocycles. The molecule has 1 aliphatic heterocycles. The summed E-state index contributed by atoms with van der Waals surface area (Å²) >= 11 is 0. The molecule has 1 aromatic rings. The predicted molar refractivity (Wildman–Crippen MR) is 75.6 cm³/mol. The highest BCUT2D eigenvalue weighted by Crippen LogP contribution is 2.34. The number of hydrogen-bond donors (Lipinski definition) is 2. The molecule has 2 N–H and O–H groups in total. The number of fused-ring (bicyclic) bond motifs is 1. The molecule has 0 aromatic heterocycles. The van der Waals surface area contributed by atoms with Crippen molar-refractivity contribution in [3.05, 3.63) is 28.8 Å². The highest BCUT2D eigenvalue weighted by molar-refractivity contribution is 7.89. The maximum atomic E-state index is 12.1. The Morgan fingerprint density at radius 3 is 2.71 bits per heavy atom. The molecule has 1 amide bonds. The van der Waals surface area contributed by atoms with Crippen molar-refractivity contribution in [2.45, 2.75) is 26.4 Å². The first kappa shape index (κ1) is 15.7. The molecule has 0 bridgehead atoms. The van der Waals surface area contributed by atoms with E-state index in [1.54, 1.807) is 11.5 Å². The second kappa shape index (κ2) is 6.00. The van der Waals surface area contributed by atoms with Crippen molar-refractivity contribution in [2.24, 2.45) is 0 Å². The molecule has 1 aromatic carbocycles. The molecule has 116 valence electrons. The van der Waals surface area contributed by atoms with Crippen LogP contribution < -0.4 is 10.2 Å². The van der Waals surface area contributed by atoms with Crippen molar-refractivity contribution < 1.29 is 23.2 Å². The number of amides is 1. The van der Waals surface area contributed by atoms with Crippen LogP contribution in [0.3, 0.4) is 0 Å². The Kier molecular flexibility index (Phi) is 4.50.